The van der Waals surface area contributed by atoms with Crippen LogP contribution in [-0.4, -0.2) is 103 Å². The highest BCUT2D eigenvalue weighted by Gasteiger charge is 2.70. The summed E-state index contributed by atoms with van der Waals surface area (Å²) in [4.78, 5) is 68.4. The summed E-state index contributed by atoms with van der Waals surface area (Å²) in [7, 11) is -2.19. The molecule has 2 fully saturated rings. The summed E-state index contributed by atoms with van der Waals surface area (Å²) in [6, 6.07) is -4.27. The molecule has 48 heavy (non-hydrogen) atoms. The van der Waals surface area contributed by atoms with Crippen LogP contribution >= 0.6 is 0 Å². The maximum Gasteiger partial charge on any atom is 0.315 e. The maximum absolute atomic E-state index is 14.3. The molecule has 2 aliphatic rings. The van der Waals surface area contributed by atoms with Gasteiger partial charge in [0.25, 0.3) is 5.91 Å². The van der Waals surface area contributed by atoms with Crippen molar-refractivity contribution in [1.82, 2.24) is 30.5 Å². The molecule has 1 aliphatic heterocycles. The molecule has 0 aromatic heterocycles. The van der Waals surface area contributed by atoms with Crippen LogP contribution in [0.3, 0.4) is 0 Å². The Morgan fingerprint density at radius 1 is 0.958 bits per heavy atom. The summed E-state index contributed by atoms with van der Waals surface area (Å²) < 4.78 is 26.4. The van der Waals surface area contributed by atoms with Crippen molar-refractivity contribution in [3.8, 4) is 0 Å². The van der Waals surface area contributed by atoms with Gasteiger partial charge in [-0.1, -0.05) is 68.4 Å². The van der Waals surface area contributed by atoms with E-state index in [1.165, 1.54) is 22.3 Å². The number of carbonyl (C=O) groups is 5. The van der Waals surface area contributed by atoms with Crippen molar-refractivity contribution in [2.24, 2.45) is 28.1 Å². The molecule has 0 bridgehead atoms. The molecule has 0 aromatic rings. The average Bonchev–Trinajstić information content (AvgIpc) is 3.26. The number of hydrogen-bond acceptors (Lipinski definition) is 7. The number of amides is 5. The highest BCUT2D eigenvalue weighted by Crippen LogP contribution is 2.65. The summed E-state index contributed by atoms with van der Waals surface area (Å²) in [5.41, 5.74) is -1.53. The van der Waals surface area contributed by atoms with Crippen molar-refractivity contribution in [2.75, 3.05) is 26.7 Å². The zero-order valence-corrected chi connectivity index (χ0v) is 32.1. The molecule has 13 nitrogen and oxygen atoms in total. The van der Waals surface area contributed by atoms with Crippen molar-refractivity contribution in [2.45, 2.75) is 118 Å². The molecule has 1 saturated heterocycles. The lowest BCUT2D eigenvalue weighted by atomic mass is 9.85. The zero-order chi connectivity index (χ0) is 37.4. The fourth-order valence-corrected chi connectivity index (χ4v) is 7.62. The fraction of sp³-hybridized carbons (Fsp3) is 0.794. The largest absolute Gasteiger partial charge is 0.346 e. The van der Waals surface area contributed by atoms with Crippen LogP contribution in [0.1, 0.15) is 89.5 Å². The molecule has 1 saturated carbocycles. The van der Waals surface area contributed by atoms with Crippen LogP contribution in [0.2, 0.25) is 0 Å². The predicted octanol–water partition coefficient (Wildman–Crippen LogP) is 2.42. The third kappa shape index (κ3) is 8.96. The van der Waals surface area contributed by atoms with Crippen molar-refractivity contribution < 1.29 is 32.4 Å². The second kappa shape index (κ2) is 14.5. The fourth-order valence-electron chi connectivity index (χ4n) is 6.34. The molecule has 2 rings (SSSR count). The maximum atomic E-state index is 14.3. The number of nitrogens with zero attached hydrogens (tertiary/aromatic N) is 2. The van der Waals surface area contributed by atoms with Crippen LogP contribution in [0.5, 0.6) is 0 Å². The van der Waals surface area contributed by atoms with Gasteiger partial charge in [-0.05, 0) is 55.3 Å². The number of sulfonamides is 1. The number of piperidine rings is 1. The SMILES string of the molecule is C=CCNC(=O)C(=O)C(CC)NC(=O)[C@@H]1[C@@H]2[C@H](CN1C(=O)[C@@H](NC(=O)N[C@H](CN(C)S(=O)(=O)C(C)(C)C)C(C)(C)C)C(C)(C)C)C2(C)C. The third-order valence-corrected chi connectivity index (χ3v) is 12.3. The Kier molecular flexibility index (Phi) is 12.4. The Bertz CT molecular complexity index is 1370. The first kappa shape index (κ1) is 41.2. The number of carbonyl (C=O) groups excluding carboxylic acids is 5. The summed E-state index contributed by atoms with van der Waals surface area (Å²) in [5, 5.41) is 10.9. The predicted molar refractivity (Wildman–Crippen MR) is 186 cm³/mol. The molecule has 14 heteroatoms. The van der Waals surface area contributed by atoms with Gasteiger partial charge in [-0.2, -0.15) is 0 Å². The molecule has 6 atom stereocenters. The monoisotopic (exact) mass is 696 g/mol. The van der Waals surface area contributed by atoms with Crippen LogP contribution in [0.15, 0.2) is 12.7 Å². The van der Waals surface area contributed by atoms with Gasteiger partial charge in [-0.3, -0.25) is 19.2 Å². The van der Waals surface area contributed by atoms with E-state index in [1.807, 2.05) is 55.4 Å². The van der Waals surface area contributed by atoms with Crippen molar-refractivity contribution in [3.05, 3.63) is 12.7 Å². The lowest BCUT2D eigenvalue weighted by Crippen LogP contribution is -2.63. The Morgan fingerprint density at radius 3 is 1.98 bits per heavy atom. The topological polar surface area (TPSA) is 174 Å². The number of ketones is 1. The van der Waals surface area contributed by atoms with Gasteiger partial charge in [-0.15, -0.1) is 6.58 Å². The standard InChI is InChI=1S/C34H60N6O7S/c1-15-17-35-28(43)25(41)21(16-2)36-27(42)24-23-20(34(23,12)13)18-40(24)29(44)26(32(6,7)8)38-30(45)37-22(31(3,4)5)19-39(14)48(46,47)33(9,10)11/h15,20-24,26H,1,16-19H2,2-14H3,(H,35,43)(H,36,42)(H2,37,38,45)/t20-,21?,22+,23-,24-,26+/m0/s1. The summed E-state index contributed by atoms with van der Waals surface area (Å²) in [6.45, 7) is 25.6. The van der Waals surface area contributed by atoms with E-state index in [-0.39, 0.29) is 36.8 Å². The zero-order valence-electron chi connectivity index (χ0n) is 31.2. The van der Waals surface area contributed by atoms with E-state index in [0.717, 1.165) is 0 Å². The Labute approximate surface area is 287 Å². The van der Waals surface area contributed by atoms with Gasteiger partial charge < -0.3 is 26.2 Å². The molecule has 1 unspecified atom stereocenters. The second-order valence-corrected chi connectivity index (χ2v) is 19.8. The van der Waals surface area contributed by atoms with E-state index in [1.54, 1.807) is 27.7 Å². The smallest absolute Gasteiger partial charge is 0.315 e. The highest BCUT2D eigenvalue weighted by atomic mass is 32.2. The van der Waals surface area contributed by atoms with Gasteiger partial charge in [0.05, 0.1) is 10.8 Å². The number of Topliss-reactive ketones (excluding diaryl/α,β-unsaturated/α-hetero) is 1. The first-order valence-electron chi connectivity index (χ1n) is 16.7. The normalized spacial score (nSPS) is 22.5. The number of nitrogens with one attached hydrogen (secondary N) is 4. The number of likely N-dealkylation sites (tertiary alicyclic amines) is 1. The molecular formula is C34H60N6O7S. The number of urea groups is 1. The molecule has 0 radical (unpaired) electrons. The molecule has 1 aliphatic carbocycles. The van der Waals surface area contributed by atoms with Gasteiger partial charge >= 0.3 is 6.03 Å². The quantitative estimate of drug-likeness (QED) is 0.169. The summed E-state index contributed by atoms with van der Waals surface area (Å²) >= 11 is 0. The molecular weight excluding hydrogens is 636 g/mol. The van der Waals surface area contributed by atoms with Gasteiger partial charge in [0.2, 0.25) is 27.6 Å². The minimum Gasteiger partial charge on any atom is -0.346 e. The molecule has 5 amide bonds. The summed E-state index contributed by atoms with van der Waals surface area (Å²) in [6.07, 6.45) is 1.62. The van der Waals surface area contributed by atoms with E-state index in [2.05, 4.69) is 27.8 Å². The van der Waals surface area contributed by atoms with Crippen LogP contribution < -0.4 is 21.3 Å². The third-order valence-electron chi connectivity index (χ3n) is 9.80. The molecule has 4 N–H and O–H groups in total. The Morgan fingerprint density at radius 2 is 1.52 bits per heavy atom. The lowest BCUT2D eigenvalue weighted by Gasteiger charge is -2.39. The Balaban J connectivity index is 2.32. The molecule has 0 aromatic carbocycles. The van der Waals surface area contributed by atoms with E-state index < -0.39 is 79.3 Å². The second-order valence-electron chi connectivity index (χ2n) is 17.0. The average molecular weight is 697 g/mol. The van der Waals surface area contributed by atoms with Crippen LogP contribution in [0.25, 0.3) is 0 Å². The van der Waals surface area contributed by atoms with Gasteiger partial charge in [-0.25, -0.2) is 17.5 Å². The van der Waals surface area contributed by atoms with Crippen LogP contribution in [0.4, 0.5) is 4.79 Å². The molecule has 1 heterocycles. The number of likely N-dealkylation sites (N-methyl/N-ethyl adjacent to an activating group) is 1. The molecule has 0 spiro atoms. The minimum atomic E-state index is -3.67. The van der Waals surface area contributed by atoms with Crippen molar-refractivity contribution >= 4 is 39.6 Å². The summed E-state index contributed by atoms with van der Waals surface area (Å²) in [5.74, 6) is -2.69. The molecule has 274 valence electrons. The van der Waals surface area contributed by atoms with Crippen molar-refractivity contribution in [1.29, 1.82) is 0 Å². The first-order chi connectivity index (χ1) is 21.6. The Hall–Kier alpha value is -3.00. The highest BCUT2D eigenvalue weighted by molar-refractivity contribution is 7.90. The van der Waals surface area contributed by atoms with E-state index in [9.17, 15) is 32.4 Å². The van der Waals surface area contributed by atoms with Crippen LogP contribution in [0, 0.1) is 28.1 Å². The number of fused-ring (bicyclic) bond motifs is 1. The van der Waals surface area contributed by atoms with Crippen LogP contribution in [-0.2, 0) is 29.2 Å². The minimum absolute atomic E-state index is 0.0143. The van der Waals surface area contributed by atoms with E-state index >= 15 is 0 Å². The van der Waals surface area contributed by atoms with Gasteiger partial charge in [0.1, 0.15) is 12.1 Å². The van der Waals surface area contributed by atoms with Gasteiger partial charge in [0.15, 0.2) is 0 Å². The number of rotatable bonds is 13. The van der Waals surface area contributed by atoms with E-state index in [4.69, 9.17) is 0 Å². The first-order valence-corrected chi connectivity index (χ1v) is 18.1. The number of hydrogen-bond donors (Lipinski definition) is 4. The lowest BCUT2D eigenvalue weighted by molar-refractivity contribution is -0.145. The van der Waals surface area contributed by atoms with Gasteiger partial charge in [0, 0.05) is 32.7 Å². The van der Waals surface area contributed by atoms with E-state index in [0.29, 0.717) is 6.54 Å². The van der Waals surface area contributed by atoms with Crippen molar-refractivity contribution in [3.63, 3.8) is 0 Å².